The van der Waals surface area contributed by atoms with Gasteiger partial charge in [0.2, 0.25) is 10.0 Å². The largest absolute Gasteiger partial charge is 0.481 e. The number of benzene rings is 1. The standard InChI is InChI=1S/C16H24N2O4S/c1-13-4-6-15(7-5-13)23(21,22)17-11-14-3-2-9-18(12-14)10-8-16(19)20/h4-7,14,17H,2-3,8-12H2,1H3,(H,19,20)/t14-/m0/s1. The Morgan fingerprint density at radius 3 is 2.70 bits per heavy atom. The van der Waals surface area contributed by atoms with E-state index in [0.29, 0.717) is 13.1 Å². The molecule has 2 N–H and O–H groups in total. The number of sulfonamides is 1. The molecule has 0 aromatic heterocycles. The zero-order chi connectivity index (χ0) is 16.9. The quantitative estimate of drug-likeness (QED) is 0.785. The number of likely N-dealkylation sites (tertiary alicyclic amines) is 1. The molecule has 1 atom stereocenters. The van der Waals surface area contributed by atoms with Crippen molar-refractivity contribution in [1.29, 1.82) is 0 Å². The van der Waals surface area contributed by atoms with Crippen LogP contribution >= 0.6 is 0 Å². The van der Waals surface area contributed by atoms with E-state index < -0.39 is 16.0 Å². The molecular weight excluding hydrogens is 316 g/mol. The molecule has 0 bridgehead atoms. The van der Waals surface area contributed by atoms with Crippen molar-refractivity contribution in [3.8, 4) is 0 Å². The zero-order valence-corrected chi connectivity index (χ0v) is 14.2. The minimum Gasteiger partial charge on any atom is -0.481 e. The van der Waals surface area contributed by atoms with E-state index in [-0.39, 0.29) is 17.2 Å². The lowest BCUT2D eigenvalue weighted by molar-refractivity contribution is -0.137. The van der Waals surface area contributed by atoms with Crippen LogP contribution in [0.15, 0.2) is 29.2 Å². The van der Waals surface area contributed by atoms with E-state index in [2.05, 4.69) is 9.62 Å². The van der Waals surface area contributed by atoms with Crippen LogP contribution in [0.2, 0.25) is 0 Å². The predicted octanol–water partition coefficient (Wildman–Crippen LogP) is 1.46. The fourth-order valence-corrected chi connectivity index (χ4v) is 3.92. The number of carbonyl (C=O) groups is 1. The number of hydrogen-bond acceptors (Lipinski definition) is 4. The molecule has 1 heterocycles. The molecule has 1 aliphatic rings. The molecule has 1 aromatic rings. The van der Waals surface area contributed by atoms with Crippen LogP contribution in [0.3, 0.4) is 0 Å². The van der Waals surface area contributed by atoms with Gasteiger partial charge in [-0.2, -0.15) is 0 Å². The molecule has 2 rings (SSSR count). The van der Waals surface area contributed by atoms with Gasteiger partial charge in [-0.3, -0.25) is 4.79 Å². The SMILES string of the molecule is Cc1ccc(S(=O)(=O)NC[C@@H]2CCCN(CCC(=O)O)C2)cc1. The minimum atomic E-state index is -3.48. The van der Waals surface area contributed by atoms with Crippen molar-refractivity contribution in [3.05, 3.63) is 29.8 Å². The number of hydrogen-bond donors (Lipinski definition) is 2. The van der Waals surface area contributed by atoms with E-state index in [1.165, 1.54) is 0 Å². The van der Waals surface area contributed by atoms with E-state index in [1.807, 2.05) is 6.92 Å². The third-order valence-electron chi connectivity index (χ3n) is 4.14. The van der Waals surface area contributed by atoms with Gasteiger partial charge >= 0.3 is 5.97 Å². The third-order valence-corrected chi connectivity index (χ3v) is 5.58. The second kappa shape index (κ2) is 7.90. The molecular formula is C16H24N2O4S. The summed E-state index contributed by atoms with van der Waals surface area (Å²) in [4.78, 5) is 13.0. The number of rotatable bonds is 7. The van der Waals surface area contributed by atoms with Gasteiger partial charge in [-0.15, -0.1) is 0 Å². The van der Waals surface area contributed by atoms with Crippen LogP contribution in [-0.2, 0) is 14.8 Å². The summed E-state index contributed by atoms with van der Waals surface area (Å²) in [6.45, 7) is 4.45. The molecule has 0 amide bonds. The highest BCUT2D eigenvalue weighted by Gasteiger charge is 2.22. The molecule has 0 saturated carbocycles. The number of carboxylic acids is 1. The van der Waals surface area contributed by atoms with Crippen LogP contribution in [0.4, 0.5) is 0 Å². The lowest BCUT2D eigenvalue weighted by Gasteiger charge is -2.32. The highest BCUT2D eigenvalue weighted by Crippen LogP contribution is 2.17. The van der Waals surface area contributed by atoms with E-state index in [9.17, 15) is 13.2 Å². The highest BCUT2D eigenvalue weighted by atomic mass is 32.2. The first kappa shape index (κ1) is 17.9. The maximum atomic E-state index is 12.3. The maximum Gasteiger partial charge on any atom is 0.304 e. The first-order valence-corrected chi connectivity index (χ1v) is 9.35. The number of aryl methyl sites for hydroxylation is 1. The summed E-state index contributed by atoms with van der Waals surface area (Å²) < 4.78 is 27.2. The highest BCUT2D eigenvalue weighted by molar-refractivity contribution is 7.89. The Balaban J connectivity index is 1.87. The van der Waals surface area contributed by atoms with Gasteiger partial charge in [-0.1, -0.05) is 17.7 Å². The van der Waals surface area contributed by atoms with Crippen molar-refractivity contribution >= 4 is 16.0 Å². The molecule has 1 saturated heterocycles. The van der Waals surface area contributed by atoms with Gasteiger partial charge in [0.05, 0.1) is 11.3 Å². The number of aliphatic carboxylic acids is 1. The fourth-order valence-electron chi connectivity index (χ4n) is 2.80. The average molecular weight is 340 g/mol. The van der Waals surface area contributed by atoms with Crippen LogP contribution in [0.1, 0.15) is 24.8 Å². The smallest absolute Gasteiger partial charge is 0.304 e. The van der Waals surface area contributed by atoms with Crippen molar-refractivity contribution in [1.82, 2.24) is 9.62 Å². The van der Waals surface area contributed by atoms with Crippen molar-refractivity contribution in [3.63, 3.8) is 0 Å². The molecule has 0 spiro atoms. The van der Waals surface area contributed by atoms with Crippen LogP contribution in [0.25, 0.3) is 0 Å². The van der Waals surface area contributed by atoms with E-state index >= 15 is 0 Å². The average Bonchev–Trinajstić information content (AvgIpc) is 2.52. The normalized spacial score (nSPS) is 19.6. The zero-order valence-electron chi connectivity index (χ0n) is 13.4. The topological polar surface area (TPSA) is 86.7 Å². The number of piperidine rings is 1. The molecule has 128 valence electrons. The Hall–Kier alpha value is -1.44. The number of carboxylic acid groups (broad SMARTS) is 1. The molecule has 1 aliphatic heterocycles. The van der Waals surface area contributed by atoms with E-state index in [4.69, 9.17) is 5.11 Å². The Morgan fingerprint density at radius 1 is 1.35 bits per heavy atom. The number of nitrogens with zero attached hydrogens (tertiary/aromatic N) is 1. The van der Waals surface area contributed by atoms with Crippen LogP contribution < -0.4 is 4.72 Å². The molecule has 7 heteroatoms. The second-order valence-electron chi connectivity index (χ2n) is 6.12. The van der Waals surface area contributed by atoms with Gasteiger partial charge in [0.15, 0.2) is 0 Å². The van der Waals surface area contributed by atoms with Gasteiger partial charge in [0.25, 0.3) is 0 Å². The summed E-state index contributed by atoms with van der Waals surface area (Å²) >= 11 is 0. The summed E-state index contributed by atoms with van der Waals surface area (Å²) in [6.07, 6.45) is 2.05. The van der Waals surface area contributed by atoms with Crippen LogP contribution in [0, 0.1) is 12.8 Å². The first-order valence-electron chi connectivity index (χ1n) is 7.87. The summed E-state index contributed by atoms with van der Waals surface area (Å²) in [5.41, 5.74) is 1.02. The molecule has 0 aliphatic carbocycles. The Morgan fingerprint density at radius 2 is 2.04 bits per heavy atom. The van der Waals surface area contributed by atoms with Crippen LogP contribution in [0.5, 0.6) is 0 Å². The van der Waals surface area contributed by atoms with E-state index in [1.54, 1.807) is 24.3 Å². The molecule has 0 unspecified atom stereocenters. The molecule has 0 radical (unpaired) electrons. The summed E-state index contributed by atoms with van der Waals surface area (Å²) in [5, 5.41) is 8.75. The van der Waals surface area contributed by atoms with Gasteiger partial charge in [0.1, 0.15) is 0 Å². The van der Waals surface area contributed by atoms with Crippen molar-refractivity contribution < 1.29 is 18.3 Å². The van der Waals surface area contributed by atoms with Crippen molar-refractivity contribution in [2.24, 2.45) is 5.92 Å². The monoisotopic (exact) mass is 340 g/mol. The van der Waals surface area contributed by atoms with Gasteiger partial charge in [-0.05, 0) is 44.4 Å². The maximum absolute atomic E-state index is 12.3. The predicted molar refractivity (Wildman–Crippen MR) is 87.8 cm³/mol. The van der Waals surface area contributed by atoms with Gasteiger partial charge in [-0.25, -0.2) is 13.1 Å². The lowest BCUT2D eigenvalue weighted by atomic mass is 9.98. The summed E-state index contributed by atoms with van der Waals surface area (Å²) in [5.74, 6) is -0.579. The Labute approximate surface area is 137 Å². The van der Waals surface area contributed by atoms with Gasteiger partial charge in [0, 0.05) is 19.6 Å². The lowest BCUT2D eigenvalue weighted by Crippen LogP contribution is -2.41. The molecule has 23 heavy (non-hydrogen) atoms. The second-order valence-corrected chi connectivity index (χ2v) is 7.88. The minimum absolute atomic E-state index is 0.127. The fraction of sp³-hybridized carbons (Fsp3) is 0.562. The molecule has 6 nitrogen and oxygen atoms in total. The van der Waals surface area contributed by atoms with E-state index in [0.717, 1.165) is 31.5 Å². The Kier molecular flexibility index (Phi) is 6.15. The van der Waals surface area contributed by atoms with Crippen molar-refractivity contribution in [2.75, 3.05) is 26.2 Å². The summed E-state index contributed by atoms with van der Waals surface area (Å²) in [6, 6.07) is 6.78. The molecule has 1 fully saturated rings. The van der Waals surface area contributed by atoms with Crippen molar-refractivity contribution in [2.45, 2.75) is 31.1 Å². The van der Waals surface area contributed by atoms with Crippen LogP contribution in [-0.4, -0.2) is 50.6 Å². The van der Waals surface area contributed by atoms with Gasteiger partial charge < -0.3 is 10.0 Å². The first-order chi connectivity index (χ1) is 10.9. The summed E-state index contributed by atoms with van der Waals surface area (Å²) in [7, 11) is -3.48. The Bertz CT molecular complexity index is 628. The number of nitrogens with one attached hydrogen (secondary N) is 1. The molecule has 1 aromatic carbocycles. The third kappa shape index (κ3) is 5.60.